The number of halogens is 4. The minimum absolute atomic E-state index is 0.182. The van der Waals surface area contributed by atoms with Gasteiger partial charge in [-0.1, -0.05) is 11.6 Å². The molecule has 0 saturated carbocycles. The van der Waals surface area contributed by atoms with E-state index in [1.165, 1.54) is 37.7 Å². The molecule has 0 aliphatic carbocycles. The summed E-state index contributed by atoms with van der Waals surface area (Å²) in [6.45, 7) is 0. The fraction of sp³-hybridized carbons (Fsp3) is 0.118. The van der Waals surface area contributed by atoms with Crippen LogP contribution in [-0.2, 0) is 0 Å². The summed E-state index contributed by atoms with van der Waals surface area (Å²) in [6, 6.07) is 7.00. The van der Waals surface area contributed by atoms with Gasteiger partial charge in [0.05, 0.1) is 30.5 Å². The number of imidazole rings is 1. The van der Waals surface area contributed by atoms with Crippen LogP contribution in [0.4, 0.5) is 13.2 Å². The molecule has 0 spiro atoms. The summed E-state index contributed by atoms with van der Waals surface area (Å²) in [7, 11) is 1.45. The fourth-order valence-electron chi connectivity index (χ4n) is 2.63. The van der Waals surface area contributed by atoms with E-state index in [1.54, 1.807) is 16.7 Å². The number of nitrogens with zero attached hydrogens (tertiary/aromatic N) is 6. The van der Waals surface area contributed by atoms with Crippen molar-refractivity contribution in [1.82, 2.24) is 29.7 Å². The highest BCUT2D eigenvalue weighted by molar-refractivity contribution is 6.29. The second-order valence-corrected chi connectivity index (χ2v) is 6.01. The van der Waals surface area contributed by atoms with E-state index >= 15 is 0 Å². The van der Waals surface area contributed by atoms with Crippen molar-refractivity contribution in [3.05, 3.63) is 47.9 Å². The molecule has 148 valence electrons. The molecule has 4 aromatic rings. The molecule has 0 unspecified atom stereocenters. The highest BCUT2D eigenvalue weighted by Gasteiger charge is 2.31. The van der Waals surface area contributed by atoms with E-state index in [0.717, 1.165) is 0 Å². The van der Waals surface area contributed by atoms with E-state index in [0.29, 0.717) is 22.9 Å². The number of ether oxygens (including phenoxy) is 2. The molecule has 4 rings (SSSR count). The number of benzene rings is 1. The lowest BCUT2D eigenvalue weighted by atomic mass is 10.3. The first-order valence-corrected chi connectivity index (χ1v) is 8.36. The standard InChI is InChI=1S/C17H10ClF3N6O2/c1-28-15-5-4-14(25-26-15)27-12-3-2-9(29-17(19,20)21)6-10(12)24-16(27)11-7-23-13(18)8-22-11/h2-8H,1H3. The molecule has 0 N–H and O–H groups in total. The molecule has 0 amide bonds. The van der Waals surface area contributed by atoms with E-state index < -0.39 is 12.1 Å². The largest absolute Gasteiger partial charge is 0.573 e. The van der Waals surface area contributed by atoms with Crippen LogP contribution in [0.2, 0.25) is 5.15 Å². The monoisotopic (exact) mass is 422 g/mol. The third-order valence-corrected chi connectivity index (χ3v) is 3.97. The van der Waals surface area contributed by atoms with Gasteiger partial charge in [-0.05, 0) is 18.2 Å². The average molecular weight is 423 g/mol. The summed E-state index contributed by atoms with van der Waals surface area (Å²) in [5, 5.41) is 8.20. The maximum Gasteiger partial charge on any atom is 0.573 e. The van der Waals surface area contributed by atoms with Crippen LogP contribution >= 0.6 is 11.6 Å². The quantitative estimate of drug-likeness (QED) is 0.494. The molecule has 0 bridgehead atoms. The molecule has 12 heteroatoms. The van der Waals surface area contributed by atoms with Gasteiger partial charge >= 0.3 is 6.36 Å². The van der Waals surface area contributed by atoms with Gasteiger partial charge in [-0.2, -0.15) is 0 Å². The van der Waals surface area contributed by atoms with Crippen molar-refractivity contribution in [1.29, 1.82) is 0 Å². The number of hydrogen-bond acceptors (Lipinski definition) is 7. The molecule has 8 nitrogen and oxygen atoms in total. The summed E-state index contributed by atoms with van der Waals surface area (Å²) < 4.78 is 48.2. The summed E-state index contributed by atoms with van der Waals surface area (Å²) in [5.74, 6) is 0.536. The maximum atomic E-state index is 12.6. The van der Waals surface area contributed by atoms with E-state index in [1.807, 2.05) is 0 Å². The smallest absolute Gasteiger partial charge is 0.480 e. The second kappa shape index (κ2) is 7.17. The van der Waals surface area contributed by atoms with Crippen molar-refractivity contribution in [2.24, 2.45) is 0 Å². The van der Waals surface area contributed by atoms with Crippen LogP contribution < -0.4 is 9.47 Å². The zero-order chi connectivity index (χ0) is 20.6. The van der Waals surface area contributed by atoms with E-state index in [2.05, 4.69) is 29.9 Å². The molecule has 1 aromatic carbocycles. The van der Waals surface area contributed by atoms with Crippen LogP contribution in [0.5, 0.6) is 11.6 Å². The molecule has 0 atom stereocenters. The molecule has 0 aliphatic heterocycles. The first-order chi connectivity index (χ1) is 13.8. The summed E-state index contributed by atoms with van der Waals surface area (Å²) in [6.07, 6.45) is -2.09. The Bertz CT molecular complexity index is 1160. The SMILES string of the molecule is COc1ccc(-n2c(-c3cnc(Cl)cn3)nc3cc(OC(F)(F)F)ccc32)nn1. The lowest BCUT2D eigenvalue weighted by Crippen LogP contribution is -2.17. The Balaban J connectivity index is 1.91. The number of methoxy groups -OCH3 is 1. The van der Waals surface area contributed by atoms with E-state index in [4.69, 9.17) is 16.3 Å². The van der Waals surface area contributed by atoms with E-state index in [-0.39, 0.29) is 16.5 Å². The van der Waals surface area contributed by atoms with Crippen molar-refractivity contribution < 1.29 is 22.6 Å². The number of aromatic nitrogens is 6. The average Bonchev–Trinajstić information content (AvgIpc) is 3.06. The van der Waals surface area contributed by atoms with Crippen LogP contribution in [0.15, 0.2) is 42.7 Å². The first kappa shape index (κ1) is 18.9. The van der Waals surface area contributed by atoms with Crippen LogP contribution in [0.1, 0.15) is 0 Å². The highest BCUT2D eigenvalue weighted by Crippen LogP contribution is 2.31. The molecule has 0 aliphatic rings. The predicted octanol–water partition coefficient (Wildman–Crippen LogP) is 3.83. The van der Waals surface area contributed by atoms with Crippen molar-refractivity contribution >= 4 is 22.6 Å². The van der Waals surface area contributed by atoms with Crippen LogP contribution in [0, 0.1) is 0 Å². The molecular formula is C17H10ClF3N6O2. The third-order valence-electron chi connectivity index (χ3n) is 3.77. The van der Waals surface area contributed by atoms with Crippen molar-refractivity contribution in [2.45, 2.75) is 6.36 Å². The van der Waals surface area contributed by atoms with Gasteiger partial charge in [0.1, 0.15) is 16.6 Å². The van der Waals surface area contributed by atoms with Gasteiger partial charge in [0.25, 0.3) is 0 Å². The van der Waals surface area contributed by atoms with Gasteiger partial charge in [-0.25, -0.2) is 15.0 Å². The third kappa shape index (κ3) is 3.90. The molecule has 0 saturated heterocycles. The Morgan fingerprint density at radius 2 is 1.86 bits per heavy atom. The van der Waals surface area contributed by atoms with Crippen molar-refractivity contribution in [3.8, 4) is 29.0 Å². The van der Waals surface area contributed by atoms with Crippen molar-refractivity contribution in [3.63, 3.8) is 0 Å². The normalized spacial score (nSPS) is 11.6. The number of alkyl halides is 3. The number of fused-ring (bicyclic) bond motifs is 1. The summed E-state index contributed by atoms with van der Waals surface area (Å²) in [5.41, 5.74) is 1.03. The summed E-state index contributed by atoms with van der Waals surface area (Å²) in [4.78, 5) is 12.6. The Morgan fingerprint density at radius 1 is 1.03 bits per heavy atom. The maximum absolute atomic E-state index is 12.6. The number of hydrogen-bond donors (Lipinski definition) is 0. The fourth-order valence-corrected chi connectivity index (χ4v) is 2.73. The van der Waals surface area contributed by atoms with E-state index in [9.17, 15) is 13.2 Å². The molecule has 3 aromatic heterocycles. The lowest BCUT2D eigenvalue weighted by Gasteiger charge is -2.09. The predicted molar refractivity (Wildman–Crippen MR) is 95.9 cm³/mol. The molecule has 0 fully saturated rings. The van der Waals surface area contributed by atoms with Crippen LogP contribution in [-0.4, -0.2) is 43.2 Å². The molecular weight excluding hydrogens is 413 g/mol. The Labute approximate surface area is 165 Å². The molecule has 29 heavy (non-hydrogen) atoms. The van der Waals surface area contributed by atoms with Gasteiger partial charge in [0, 0.05) is 12.1 Å². The first-order valence-electron chi connectivity index (χ1n) is 7.98. The van der Waals surface area contributed by atoms with Gasteiger partial charge in [0.15, 0.2) is 11.6 Å². The van der Waals surface area contributed by atoms with Gasteiger partial charge in [-0.15, -0.1) is 23.4 Å². The Kier molecular flexibility index (Phi) is 4.66. The zero-order valence-corrected chi connectivity index (χ0v) is 15.3. The topological polar surface area (TPSA) is 87.8 Å². The molecule has 0 radical (unpaired) electrons. The molecule has 3 heterocycles. The van der Waals surface area contributed by atoms with Gasteiger partial charge < -0.3 is 9.47 Å². The van der Waals surface area contributed by atoms with Crippen LogP contribution in [0.3, 0.4) is 0 Å². The Hall–Kier alpha value is -3.47. The highest BCUT2D eigenvalue weighted by atomic mass is 35.5. The van der Waals surface area contributed by atoms with Gasteiger partial charge in [0.2, 0.25) is 5.88 Å². The number of rotatable bonds is 4. The van der Waals surface area contributed by atoms with Crippen molar-refractivity contribution in [2.75, 3.05) is 7.11 Å². The minimum atomic E-state index is -4.82. The second-order valence-electron chi connectivity index (χ2n) is 5.63. The van der Waals surface area contributed by atoms with Gasteiger partial charge in [-0.3, -0.25) is 4.57 Å². The summed E-state index contributed by atoms with van der Waals surface area (Å²) >= 11 is 5.79. The lowest BCUT2D eigenvalue weighted by molar-refractivity contribution is -0.274. The zero-order valence-electron chi connectivity index (χ0n) is 14.6. The minimum Gasteiger partial charge on any atom is -0.480 e. The Morgan fingerprint density at radius 3 is 2.48 bits per heavy atom. The van der Waals surface area contributed by atoms with Crippen LogP contribution in [0.25, 0.3) is 28.4 Å².